The predicted octanol–water partition coefficient (Wildman–Crippen LogP) is 2.06. The molecule has 128 valence electrons. The number of benzene rings is 1. The fraction of sp³-hybridized carbons (Fsp3) is 0.611. The minimum absolute atomic E-state index is 0.224. The first-order valence-electron chi connectivity index (χ1n) is 8.46. The minimum atomic E-state index is -0.555. The third kappa shape index (κ3) is 4.45. The molecular weight excluding hydrogens is 290 g/mol. The smallest absolute Gasteiger partial charge is 0.315 e. The summed E-state index contributed by atoms with van der Waals surface area (Å²) in [5, 5.41) is 16.0. The molecule has 3 N–H and O–H groups in total. The summed E-state index contributed by atoms with van der Waals surface area (Å²) in [7, 11) is 0. The number of hydrogen-bond acceptors (Lipinski definition) is 3. The molecule has 0 saturated heterocycles. The van der Waals surface area contributed by atoms with Gasteiger partial charge in [0.05, 0.1) is 12.1 Å². The summed E-state index contributed by atoms with van der Waals surface area (Å²) in [6.07, 6.45) is 0.0382. The van der Waals surface area contributed by atoms with Gasteiger partial charge in [0, 0.05) is 31.6 Å². The molecule has 2 atom stereocenters. The zero-order valence-corrected chi connectivity index (χ0v) is 14.5. The van der Waals surface area contributed by atoms with Gasteiger partial charge < -0.3 is 15.7 Å². The Morgan fingerprint density at radius 2 is 1.91 bits per heavy atom. The van der Waals surface area contributed by atoms with E-state index in [-0.39, 0.29) is 12.1 Å². The number of carbonyl (C=O) groups excluding carboxylic acids is 1. The van der Waals surface area contributed by atoms with Gasteiger partial charge in [0.1, 0.15) is 0 Å². The number of nitrogens with zero attached hydrogens (tertiary/aromatic N) is 1. The molecule has 1 aliphatic carbocycles. The van der Waals surface area contributed by atoms with Gasteiger partial charge in [0.2, 0.25) is 0 Å². The first-order valence-corrected chi connectivity index (χ1v) is 8.46. The third-order valence-corrected chi connectivity index (χ3v) is 4.47. The van der Waals surface area contributed by atoms with E-state index in [1.165, 1.54) is 0 Å². The van der Waals surface area contributed by atoms with Gasteiger partial charge in [-0.15, -0.1) is 0 Å². The molecule has 1 aromatic rings. The van der Waals surface area contributed by atoms with Crippen molar-refractivity contribution < 1.29 is 9.90 Å². The Bertz CT molecular complexity index is 523. The summed E-state index contributed by atoms with van der Waals surface area (Å²) >= 11 is 0. The second-order valence-electron chi connectivity index (χ2n) is 6.77. The van der Waals surface area contributed by atoms with Crippen LogP contribution in [0.3, 0.4) is 0 Å². The first-order chi connectivity index (χ1) is 10.9. The van der Waals surface area contributed by atoms with Crippen molar-refractivity contribution in [1.29, 1.82) is 0 Å². The molecule has 23 heavy (non-hydrogen) atoms. The lowest BCUT2D eigenvalue weighted by molar-refractivity contribution is 0.141. The number of rotatable bonds is 6. The molecule has 0 radical (unpaired) electrons. The maximum Gasteiger partial charge on any atom is 0.315 e. The van der Waals surface area contributed by atoms with Crippen LogP contribution in [0.25, 0.3) is 0 Å². The molecule has 1 aliphatic rings. The van der Waals surface area contributed by atoms with Crippen molar-refractivity contribution in [3.63, 3.8) is 0 Å². The fourth-order valence-electron chi connectivity index (χ4n) is 3.35. The lowest BCUT2D eigenvalue weighted by Gasteiger charge is -2.30. The maximum absolute atomic E-state index is 12.1. The molecule has 0 spiro atoms. The molecular formula is C18H29N3O2. The SMILES string of the molecule is CC(C)N(CCNC(=O)NC1c2ccccc2CC1O)C(C)C. The fourth-order valence-corrected chi connectivity index (χ4v) is 3.35. The van der Waals surface area contributed by atoms with E-state index < -0.39 is 6.10 Å². The maximum atomic E-state index is 12.1. The number of carbonyl (C=O) groups is 1. The molecule has 0 aliphatic heterocycles. The average molecular weight is 319 g/mol. The topological polar surface area (TPSA) is 64.6 Å². The van der Waals surface area contributed by atoms with Crippen LogP contribution < -0.4 is 10.6 Å². The number of aliphatic hydroxyl groups excluding tert-OH is 1. The molecule has 0 heterocycles. The molecule has 0 saturated carbocycles. The standard InChI is InChI=1S/C18H29N3O2/c1-12(2)21(13(3)4)10-9-19-18(23)20-17-15-8-6-5-7-14(15)11-16(17)22/h5-8,12-13,16-17,22H,9-11H2,1-4H3,(H2,19,20,23). The molecule has 2 unspecified atom stereocenters. The summed E-state index contributed by atoms with van der Waals surface area (Å²) in [6, 6.07) is 8.21. The summed E-state index contributed by atoms with van der Waals surface area (Å²) in [5.74, 6) is 0. The zero-order valence-electron chi connectivity index (χ0n) is 14.5. The Kier molecular flexibility index (Phi) is 6.02. The van der Waals surface area contributed by atoms with Crippen molar-refractivity contribution >= 4 is 6.03 Å². The largest absolute Gasteiger partial charge is 0.390 e. The second kappa shape index (κ2) is 7.79. The van der Waals surface area contributed by atoms with Crippen LogP contribution in [-0.2, 0) is 6.42 Å². The zero-order chi connectivity index (χ0) is 17.0. The number of nitrogens with one attached hydrogen (secondary N) is 2. The van der Waals surface area contributed by atoms with Crippen LogP contribution >= 0.6 is 0 Å². The molecule has 1 aromatic carbocycles. The van der Waals surface area contributed by atoms with Gasteiger partial charge in [-0.3, -0.25) is 4.90 Å². The minimum Gasteiger partial charge on any atom is -0.390 e. The molecule has 2 amide bonds. The normalized spacial score (nSPS) is 20.2. The Hall–Kier alpha value is -1.59. The number of fused-ring (bicyclic) bond motifs is 1. The molecule has 0 aromatic heterocycles. The number of aliphatic hydroxyl groups is 1. The van der Waals surface area contributed by atoms with Crippen molar-refractivity contribution in [3.8, 4) is 0 Å². The van der Waals surface area contributed by atoms with E-state index in [1.807, 2.05) is 24.3 Å². The van der Waals surface area contributed by atoms with E-state index in [0.717, 1.165) is 17.7 Å². The Labute approximate surface area is 139 Å². The average Bonchev–Trinajstić information content (AvgIpc) is 2.79. The van der Waals surface area contributed by atoms with Gasteiger partial charge in [0.15, 0.2) is 0 Å². The van der Waals surface area contributed by atoms with Crippen molar-refractivity contribution in [2.24, 2.45) is 0 Å². The Morgan fingerprint density at radius 1 is 1.26 bits per heavy atom. The lowest BCUT2D eigenvalue weighted by Crippen LogP contribution is -2.46. The highest BCUT2D eigenvalue weighted by Gasteiger charge is 2.31. The molecule has 0 bridgehead atoms. The molecule has 0 fully saturated rings. The van der Waals surface area contributed by atoms with Crippen LogP contribution in [0.2, 0.25) is 0 Å². The van der Waals surface area contributed by atoms with Gasteiger partial charge in [-0.05, 0) is 38.8 Å². The first kappa shape index (κ1) is 17.8. The van der Waals surface area contributed by atoms with E-state index in [9.17, 15) is 9.90 Å². The third-order valence-electron chi connectivity index (χ3n) is 4.47. The van der Waals surface area contributed by atoms with Crippen molar-refractivity contribution in [2.45, 2.75) is 58.3 Å². The van der Waals surface area contributed by atoms with Gasteiger partial charge in [0.25, 0.3) is 0 Å². The van der Waals surface area contributed by atoms with Crippen LogP contribution in [0, 0.1) is 0 Å². The summed E-state index contributed by atoms with van der Waals surface area (Å²) in [6.45, 7) is 10.0. The quantitative estimate of drug-likeness (QED) is 0.752. The van der Waals surface area contributed by atoms with Crippen LogP contribution in [0.15, 0.2) is 24.3 Å². The summed E-state index contributed by atoms with van der Waals surface area (Å²) in [5.41, 5.74) is 2.12. The van der Waals surface area contributed by atoms with Crippen LogP contribution in [0.1, 0.15) is 44.9 Å². The number of urea groups is 1. The van der Waals surface area contributed by atoms with E-state index in [4.69, 9.17) is 0 Å². The van der Waals surface area contributed by atoms with Gasteiger partial charge in [-0.25, -0.2) is 4.79 Å². The van der Waals surface area contributed by atoms with Gasteiger partial charge >= 0.3 is 6.03 Å². The molecule has 5 heteroatoms. The Morgan fingerprint density at radius 3 is 2.57 bits per heavy atom. The second-order valence-corrected chi connectivity index (χ2v) is 6.77. The highest BCUT2D eigenvalue weighted by atomic mass is 16.3. The van der Waals surface area contributed by atoms with Crippen molar-refractivity contribution in [3.05, 3.63) is 35.4 Å². The number of hydrogen-bond donors (Lipinski definition) is 3. The van der Waals surface area contributed by atoms with Crippen LogP contribution in [0.5, 0.6) is 0 Å². The van der Waals surface area contributed by atoms with E-state index in [0.29, 0.717) is 25.0 Å². The van der Waals surface area contributed by atoms with Gasteiger partial charge in [-0.2, -0.15) is 0 Å². The molecule has 2 rings (SSSR count). The van der Waals surface area contributed by atoms with Crippen LogP contribution in [-0.4, -0.2) is 47.3 Å². The summed E-state index contributed by atoms with van der Waals surface area (Å²) < 4.78 is 0. The van der Waals surface area contributed by atoms with Crippen molar-refractivity contribution in [2.75, 3.05) is 13.1 Å². The summed E-state index contributed by atoms with van der Waals surface area (Å²) in [4.78, 5) is 14.5. The monoisotopic (exact) mass is 319 g/mol. The van der Waals surface area contributed by atoms with Crippen molar-refractivity contribution in [1.82, 2.24) is 15.5 Å². The van der Waals surface area contributed by atoms with Gasteiger partial charge in [-0.1, -0.05) is 24.3 Å². The highest BCUT2D eigenvalue weighted by molar-refractivity contribution is 5.74. The van der Waals surface area contributed by atoms with E-state index in [2.05, 4.69) is 43.2 Å². The molecule has 5 nitrogen and oxygen atoms in total. The predicted molar refractivity (Wildman–Crippen MR) is 92.4 cm³/mol. The van der Waals surface area contributed by atoms with E-state index >= 15 is 0 Å². The highest BCUT2D eigenvalue weighted by Crippen LogP contribution is 2.30. The lowest BCUT2D eigenvalue weighted by atomic mass is 10.1. The van der Waals surface area contributed by atoms with Crippen LogP contribution in [0.4, 0.5) is 4.79 Å². The van der Waals surface area contributed by atoms with E-state index in [1.54, 1.807) is 0 Å². The number of amides is 2. The Balaban J connectivity index is 1.84.